The first-order valence-electron chi connectivity index (χ1n) is 6.52. The van der Waals surface area contributed by atoms with Gasteiger partial charge in [0, 0.05) is 12.1 Å². The molecule has 1 heterocycles. The minimum Gasteiger partial charge on any atom is -0.420 e. The molecule has 4 heteroatoms. The Bertz CT molecular complexity index is 664. The van der Waals surface area contributed by atoms with Crippen molar-refractivity contribution < 1.29 is 4.42 Å². The topological polar surface area (TPSA) is 64.9 Å². The van der Waals surface area contributed by atoms with Crippen molar-refractivity contribution in [3.05, 3.63) is 72.1 Å². The molecule has 100 valence electrons. The fraction of sp³-hybridized carbons (Fsp3) is 0.125. The van der Waals surface area contributed by atoms with Crippen molar-refractivity contribution >= 4 is 0 Å². The van der Waals surface area contributed by atoms with Crippen molar-refractivity contribution in [1.82, 2.24) is 10.2 Å². The van der Waals surface area contributed by atoms with E-state index in [4.69, 9.17) is 10.2 Å². The summed E-state index contributed by atoms with van der Waals surface area (Å²) in [7, 11) is 0. The molecule has 0 aliphatic heterocycles. The predicted molar refractivity (Wildman–Crippen MR) is 77.1 cm³/mol. The molecule has 1 aromatic heterocycles. The van der Waals surface area contributed by atoms with Gasteiger partial charge in [-0.1, -0.05) is 48.5 Å². The molecule has 0 aliphatic carbocycles. The van der Waals surface area contributed by atoms with E-state index in [9.17, 15) is 0 Å². The SMILES string of the molecule is NCC(c1ccccc1)c1nnc(-c2ccccc2)o1. The summed E-state index contributed by atoms with van der Waals surface area (Å²) in [4.78, 5) is 0. The number of nitrogens with two attached hydrogens (primary N) is 1. The highest BCUT2D eigenvalue weighted by molar-refractivity contribution is 5.51. The second kappa shape index (κ2) is 5.67. The number of hydrogen-bond donors (Lipinski definition) is 1. The number of rotatable bonds is 4. The maximum Gasteiger partial charge on any atom is 0.247 e. The van der Waals surface area contributed by atoms with Gasteiger partial charge in [0.25, 0.3) is 0 Å². The fourth-order valence-corrected chi connectivity index (χ4v) is 2.14. The van der Waals surface area contributed by atoms with Crippen LogP contribution in [-0.2, 0) is 0 Å². The molecule has 4 nitrogen and oxygen atoms in total. The van der Waals surface area contributed by atoms with Gasteiger partial charge in [0.2, 0.25) is 11.8 Å². The molecule has 2 N–H and O–H groups in total. The van der Waals surface area contributed by atoms with Gasteiger partial charge in [0.15, 0.2) is 0 Å². The summed E-state index contributed by atoms with van der Waals surface area (Å²) in [5, 5.41) is 8.25. The third-order valence-corrected chi connectivity index (χ3v) is 3.20. The minimum atomic E-state index is -0.0684. The normalized spacial score (nSPS) is 12.2. The second-order valence-corrected chi connectivity index (χ2v) is 4.51. The Morgan fingerprint density at radius 3 is 2.20 bits per heavy atom. The zero-order valence-corrected chi connectivity index (χ0v) is 10.9. The molecule has 0 bridgehead atoms. The molecular weight excluding hydrogens is 250 g/mol. The van der Waals surface area contributed by atoms with Crippen molar-refractivity contribution in [3.63, 3.8) is 0 Å². The second-order valence-electron chi connectivity index (χ2n) is 4.51. The zero-order chi connectivity index (χ0) is 13.8. The lowest BCUT2D eigenvalue weighted by atomic mass is 9.99. The molecule has 0 radical (unpaired) electrons. The first-order chi connectivity index (χ1) is 9.88. The van der Waals surface area contributed by atoms with E-state index in [1.54, 1.807) is 0 Å². The summed E-state index contributed by atoms with van der Waals surface area (Å²) >= 11 is 0. The summed E-state index contributed by atoms with van der Waals surface area (Å²) in [5.74, 6) is 1.01. The van der Waals surface area contributed by atoms with Gasteiger partial charge in [-0.2, -0.15) is 0 Å². The lowest BCUT2D eigenvalue weighted by molar-refractivity contribution is 0.482. The Kier molecular flexibility index (Phi) is 3.56. The van der Waals surface area contributed by atoms with Gasteiger partial charge in [-0.15, -0.1) is 10.2 Å². The first-order valence-corrected chi connectivity index (χ1v) is 6.52. The van der Waals surface area contributed by atoms with E-state index in [1.165, 1.54) is 0 Å². The van der Waals surface area contributed by atoms with Crippen LogP contribution in [0.25, 0.3) is 11.5 Å². The highest BCUT2D eigenvalue weighted by Gasteiger charge is 2.19. The fourth-order valence-electron chi connectivity index (χ4n) is 2.14. The predicted octanol–water partition coefficient (Wildman–Crippen LogP) is 2.83. The molecule has 1 unspecified atom stereocenters. The number of hydrogen-bond acceptors (Lipinski definition) is 4. The molecule has 0 saturated heterocycles. The van der Waals surface area contributed by atoms with Crippen molar-refractivity contribution in [2.45, 2.75) is 5.92 Å². The van der Waals surface area contributed by atoms with Crippen LogP contribution >= 0.6 is 0 Å². The van der Waals surface area contributed by atoms with Crippen LogP contribution < -0.4 is 5.73 Å². The lowest BCUT2D eigenvalue weighted by Crippen LogP contribution is -2.14. The van der Waals surface area contributed by atoms with Crippen LogP contribution in [0.4, 0.5) is 0 Å². The lowest BCUT2D eigenvalue weighted by Gasteiger charge is -2.09. The monoisotopic (exact) mass is 265 g/mol. The Morgan fingerprint density at radius 1 is 0.900 bits per heavy atom. The molecule has 2 aromatic carbocycles. The van der Waals surface area contributed by atoms with Crippen LogP contribution in [0.15, 0.2) is 65.1 Å². The third kappa shape index (κ3) is 2.46. The van der Waals surface area contributed by atoms with E-state index in [-0.39, 0.29) is 5.92 Å². The number of nitrogens with zero attached hydrogens (tertiary/aromatic N) is 2. The Hall–Kier alpha value is -2.46. The maximum absolute atomic E-state index is 5.86. The Balaban J connectivity index is 1.93. The van der Waals surface area contributed by atoms with E-state index in [2.05, 4.69) is 10.2 Å². The van der Waals surface area contributed by atoms with Gasteiger partial charge in [-0.05, 0) is 17.7 Å². The van der Waals surface area contributed by atoms with E-state index in [0.29, 0.717) is 18.3 Å². The minimum absolute atomic E-state index is 0.0684. The molecule has 0 spiro atoms. The summed E-state index contributed by atoms with van der Waals surface area (Å²) in [6, 6.07) is 19.7. The van der Waals surface area contributed by atoms with E-state index in [1.807, 2.05) is 60.7 Å². The molecule has 0 aliphatic rings. The largest absolute Gasteiger partial charge is 0.420 e. The van der Waals surface area contributed by atoms with Crippen LogP contribution in [0.1, 0.15) is 17.4 Å². The summed E-state index contributed by atoms with van der Waals surface area (Å²) in [5.41, 5.74) is 7.85. The smallest absolute Gasteiger partial charge is 0.247 e. The Morgan fingerprint density at radius 2 is 1.55 bits per heavy atom. The standard InChI is InChI=1S/C16H15N3O/c17-11-14(12-7-3-1-4-8-12)16-19-18-15(20-16)13-9-5-2-6-10-13/h1-10,14H,11,17H2. The molecule has 0 fully saturated rings. The molecule has 3 rings (SSSR count). The van der Waals surface area contributed by atoms with Gasteiger partial charge in [-0.3, -0.25) is 0 Å². The maximum atomic E-state index is 5.86. The molecule has 0 amide bonds. The quantitative estimate of drug-likeness (QED) is 0.787. The molecule has 0 saturated carbocycles. The van der Waals surface area contributed by atoms with E-state index < -0.39 is 0 Å². The highest BCUT2D eigenvalue weighted by atomic mass is 16.4. The van der Waals surface area contributed by atoms with E-state index in [0.717, 1.165) is 11.1 Å². The van der Waals surface area contributed by atoms with Crippen molar-refractivity contribution in [2.24, 2.45) is 5.73 Å². The molecule has 20 heavy (non-hydrogen) atoms. The third-order valence-electron chi connectivity index (χ3n) is 3.20. The summed E-state index contributed by atoms with van der Waals surface area (Å²) < 4.78 is 5.77. The summed E-state index contributed by atoms with van der Waals surface area (Å²) in [6.45, 7) is 0.431. The van der Waals surface area contributed by atoms with Crippen molar-refractivity contribution in [2.75, 3.05) is 6.54 Å². The first kappa shape index (κ1) is 12.6. The average molecular weight is 265 g/mol. The van der Waals surface area contributed by atoms with Gasteiger partial charge in [0.1, 0.15) is 0 Å². The molecule has 1 atom stereocenters. The van der Waals surface area contributed by atoms with Crippen LogP contribution in [0, 0.1) is 0 Å². The van der Waals surface area contributed by atoms with Gasteiger partial charge < -0.3 is 10.2 Å². The van der Waals surface area contributed by atoms with Crippen LogP contribution in [-0.4, -0.2) is 16.7 Å². The van der Waals surface area contributed by atoms with Crippen LogP contribution in [0.3, 0.4) is 0 Å². The molecular formula is C16H15N3O. The number of benzene rings is 2. The van der Waals surface area contributed by atoms with Crippen LogP contribution in [0.5, 0.6) is 0 Å². The number of aromatic nitrogens is 2. The van der Waals surface area contributed by atoms with Gasteiger partial charge >= 0.3 is 0 Å². The van der Waals surface area contributed by atoms with Gasteiger partial charge in [0.05, 0.1) is 5.92 Å². The average Bonchev–Trinajstić information content (AvgIpc) is 3.00. The zero-order valence-electron chi connectivity index (χ0n) is 10.9. The highest BCUT2D eigenvalue weighted by Crippen LogP contribution is 2.25. The Labute approximate surface area is 117 Å². The van der Waals surface area contributed by atoms with Gasteiger partial charge in [-0.25, -0.2) is 0 Å². The van der Waals surface area contributed by atoms with Crippen molar-refractivity contribution in [1.29, 1.82) is 0 Å². The molecule has 3 aromatic rings. The van der Waals surface area contributed by atoms with E-state index >= 15 is 0 Å². The van der Waals surface area contributed by atoms with Crippen LogP contribution in [0.2, 0.25) is 0 Å². The van der Waals surface area contributed by atoms with Crippen molar-refractivity contribution in [3.8, 4) is 11.5 Å². The summed E-state index contributed by atoms with van der Waals surface area (Å²) in [6.07, 6.45) is 0.